The average Bonchev–Trinajstić information content (AvgIpc) is 2.49. The van der Waals surface area contributed by atoms with Gasteiger partial charge in [-0.25, -0.2) is 8.42 Å². The van der Waals surface area contributed by atoms with Gasteiger partial charge in [0.15, 0.2) is 9.84 Å². The Bertz CT molecular complexity index is 562. The van der Waals surface area contributed by atoms with Gasteiger partial charge in [0.2, 0.25) is 0 Å². The van der Waals surface area contributed by atoms with E-state index in [1.807, 2.05) is 30.3 Å². The SMILES string of the molecule is O=C(OCC[NH+]1CCS(=O)(=O)CC1)C(Br)c1ccccc1. The maximum Gasteiger partial charge on any atom is 0.324 e. The number of benzene rings is 1. The molecule has 0 saturated carbocycles. The Labute approximate surface area is 133 Å². The first kappa shape index (κ1) is 16.5. The van der Waals surface area contributed by atoms with E-state index in [0.717, 1.165) is 5.56 Å². The van der Waals surface area contributed by atoms with E-state index < -0.39 is 14.7 Å². The monoisotopic (exact) mass is 376 g/mol. The first-order valence-corrected chi connectivity index (χ1v) is 9.61. The number of hydrogen-bond donors (Lipinski definition) is 1. The summed E-state index contributed by atoms with van der Waals surface area (Å²) in [6.45, 7) is 2.14. The van der Waals surface area contributed by atoms with E-state index in [9.17, 15) is 13.2 Å². The van der Waals surface area contributed by atoms with Gasteiger partial charge in [-0.2, -0.15) is 0 Å². The van der Waals surface area contributed by atoms with Crippen molar-refractivity contribution in [2.45, 2.75) is 4.83 Å². The summed E-state index contributed by atoms with van der Waals surface area (Å²) in [4.78, 5) is 12.6. The van der Waals surface area contributed by atoms with Gasteiger partial charge in [-0.3, -0.25) is 4.79 Å². The van der Waals surface area contributed by atoms with Crippen LogP contribution in [0.3, 0.4) is 0 Å². The molecule has 1 fully saturated rings. The third-order valence-electron chi connectivity index (χ3n) is 3.53. The highest BCUT2D eigenvalue weighted by molar-refractivity contribution is 9.09. The molecule has 0 amide bonds. The zero-order chi connectivity index (χ0) is 15.3. The second kappa shape index (κ2) is 7.38. The van der Waals surface area contributed by atoms with E-state index in [0.29, 0.717) is 26.2 Å². The molecule has 1 N–H and O–H groups in total. The third-order valence-corrected chi connectivity index (χ3v) is 6.09. The predicted octanol–water partition coefficient (Wildman–Crippen LogP) is -0.0209. The minimum absolute atomic E-state index is 0.224. The van der Waals surface area contributed by atoms with Crippen LogP contribution in [0.1, 0.15) is 10.4 Å². The Morgan fingerprint density at radius 1 is 1.24 bits per heavy atom. The van der Waals surface area contributed by atoms with Gasteiger partial charge in [-0.1, -0.05) is 46.3 Å². The third kappa shape index (κ3) is 5.09. The molecule has 5 nitrogen and oxygen atoms in total. The number of sulfone groups is 1. The second-order valence-electron chi connectivity index (χ2n) is 5.09. The molecule has 116 valence electrons. The summed E-state index contributed by atoms with van der Waals surface area (Å²) in [6.07, 6.45) is 0. The van der Waals surface area contributed by atoms with Crippen LogP contribution in [-0.4, -0.2) is 52.1 Å². The molecule has 0 aromatic heterocycles. The fourth-order valence-corrected chi connectivity index (χ4v) is 4.04. The van der Waals surface area contributed by atoms with E-state index >= 15 is 0 Å². The Morgan fingerprint density at radius 2 is 1.86 bits per heavy atom. The maximum atomic E-state index is 11.9. The van der Waals surface area contributed by atoms with Crippen LogP contribution >= 0.6 is 15.9 Å². The summed E-state index contributed by atoms with van der Waals surface area (Å²) in [6, 6.07) is 9.36. The molecule has 21 heavy (non-hydrogen) atoms. The molecular formula is C14H19BrNO4S+. The van der Waals surface area contributed by atoms with Gasteiger partial charge in [0.05, 0.1) is 24.6 Å². The van der Waals surface area contributed by atoms with Crippen LogP contribution in [-0.2, 0) is 19.4 Å². The lowest BCUT2D eigenvalue weighted by Gasteiger charge is -2.23. The lowest BCUT2D eigenvalue weighted by Crippen LogP contribution is -3.14. The number of ether oxygens (including phenoxy) is 1. The molecule has 0 radical (unpaired) electrons. The number of hydrogen-bond acceptors (Lipinski definition) is 4. The van der Waals surface area contributed by atoms with Crippen LogP contribution in [0.25, 0.3) is 0 Å². The van der Waals surface area contributed by atoms with Crippen LogP contribution in [0.2, 0.25) is 0 Å². The second-order valence-corrected chi connectivity index (χ2v) is 8.31. The smallest absolute Gasteiger partial charge is 0.324 e. The Morgan fingerprint density at radius 3 is 2.48 bits per heavy atom. The highest BCUT2D eigenvalue weighted by atomic mass is 79.9. The fourth-order valence-electron chi connectivity index (χ4n) is 2.20. The molecule has 1 aliphatic rings. The lowest BCUT2D eigenvalue weighted by atomic mass is 10.1. The van der Waals surface area contributed by atoms with Crippen molar-refractivity contribution in [1.82, 2.24) is 0 Å². The van der Waals surface area contributed by atoms with Gasteiger partial charge in [-0.15, -0.1) is 0 Å². The summed E-state index contributed by atoms with van der Waals surface area (Å²) in [5.41, 5.74) is 0.860. The minimum atomic E-state index is -2.84. The molecule has 1 aliphatic heterocycles. The summed E-state index contributed by atoms with van der Waals surface area (Å²) in [5, 5.41) is 0. The fraction of sp³-hybridized carbons (Fsp3) is 0.500. The molecule has 7 heteroatoms. The molecule has 1 unspecified atom stereocenters. The highest BCUT2D eigenvalue weighted by Crippen LogP contribution is 2.23. The number of carbonyl (C=O) groups excluding carboxylic acids is 1. The van der Waals surface area contributed by atoms with E-state index in [2.05, 4.69) is 15.9 Å². The van der Waals surface area contributed by atoms with Crippen LogP contribution in [0.5, 0.6) is 0 Å². The van der Waals surface area contributed by atoms with E-state index in [-0.39, 0.29) is 17.5 Å². The zero-order valence-corrected chi connectivity index (χ0v) is 14.0. The van der Waals surface area contributed by atoms with Gasteiger partial charge in [0, 0.05) is 0 Å². The van der Waals surface area contributed by atoms with Crippen LogP contribution in [0.15, 0.2) is 30.3 Å². The number of rotatable bonds is 5. The van der Waals surface area contributed by atoms with Crippen LogP contribution < -0.4 is 4.90 Å². The van der Waals surface area contributed by atoms with E-state index in [4.69, 9.17) is 4.74 Å². The molecule has 1 heterocycles. The van der Waals surface area contributed by atoms with Crippen molar-refractivity contribution in [1.29, 1.82) is 0 Å². The van der Waals surface area contributed by atoms with Crippen molar-refractivity contribution in [2.75, 3.05) is 37.7 Å². The minimum Gasteiger partial charge on any atom is -0.459 e. The number of carbonyl (C=O) groups is 1. The van der Waals surface area contributed by atoms with E-state index in [1.165, 1.54) is 4.90 Å². The standard InChI is InChI=1S/C14H18BrNO4S/c15-13(12-4-2-1-3-5-12)14(17)20-9-6-16-7-10-21(18,19)11-8-16/h1-5,13H,6-11H2/p+1. The van der Waals surface area contributed by atoms with Crippen LogP contribution in [0, 0.1) is 0 Å². The molecule has 0 spiro atoms. The topological polar surface area (TPSA) is 64.9 Å². The van der Waals surface area contributed by atoms with Crippen LogP contribution in [0.4, 0.5) is 0 Å². The molecule has 1 aromatic carbocycles. The first-order valence-electron chi connectivity index (χ1n) is 6.87. The number of halogens is 1. The highest BCUT2D eigenvalue weighted by Gasteiger charge is 2.25. The van der Waals surface area contributed by atoms with Crippen molar-refractivity contribution in [3.05, 3.63) is 35.9 Å². The molecule has 0 bridgehead atoms. The predicted molar refractivity (Wildman–Crippen MR) is 83.3 cm³/mol. The van der Waals surface area contributed by atoms with Gasteiger partial charge in [0.1, 0.15) is 18.0 Å². The van der Waals surface area contributed by atoms with Crippen molar-refractivity contribution in [3.8, 4) is 0 Å². The van der Waals surface area contributed by atoms with Crippen molar-refractivity contribution in [3.63, 3.8) is 0 Å². The normalized spacial score (nSPS) is 19.9. The molecule has 1 aromatic rings. The summed E-state index contributed by atoms with van der Waals surface area (Å²) in [7, 11) is -2.84. The Hall–Kier alpha value is -0.920. The van der Waals surface area contributed by atoms with Gasteiger partial charge >= 0.3 is 5.97 Å². The van der Waals surface area contributed by atoms with E-state index in [1.54, 1.807) is 0 Å². The molecule has 0 aliphatic carbocycles. The maximum absolute atomic E-state index is 11.9. The summed E-state index contributed by atoms with van der Waals surface area (Å²) < 4.78 is 27.9. The number of alkyl halides is 1. The average molecular weight is 377 g/mol. The van der Waals surface area contributed by atoms with Crippen molar-refractivity contribution < 1.29 is 22.8 Å². The lowest BCUT2D eigenvalue weighted by molar-refractivity contribution is -0.896. The molecule has 2 rings (SSSR count). The zero-order valence-electron chi connectivity index (χ0n) is 11.6. The van der Waals surface area contributed by atoms with Gasteiger partial charge < -0.3 is 9.64 Å². The van der Waals surface area contributed by atoms with Gasteiger partial charge in [-0.05, 0) is 5.56 Å². The molecular weight excluding hydrogens is 358 g/mol. The number of quaternary nitrogens is 1. The summed E-state index contributed by atoms with van der Waals surface area (Å²) in [5.74, 6) is 0.133. The quantitative estimate of drug-likeness (QED) is 0.579. The number of esters is 1. The van der Waals surface area contributed by atoms with Crippen molar-refractivity contribution in [2.24, 2.45) is 0 Å². The summed E-state index contributed by atoms with van der Waals surface area (Å²) >= 11 is 3.33. The van der Waals surface area contributed by atoms with Gasteiger partial charge in [0.25, 0.3) is 0 Å². The first-order chi connectivity index (χ1) is 9.98. The number of nitrogens with one attached hydrogen (secondary N) is 1. The van der Waals surface area contributed by atoms with Crippen molar-refractivity contribution >= 4 is 31.7 Å². The Kier molecular flexibility index (Phi) is 5.78. The molecule has 1 atom stereocenters. The largest absolute Gasteiger partial charge is 0.459 e. The molecule has 1 saturated heterocycles. The Balaban J connectivity index is 1.72.